The van der Waals surface area contributed by atoms with Crippen LogP contribution in [0.25, 0.3) is 0 Å². The van der Waals surface area contributed by atoms with Gasteiger partial charge in [-0.25, -0.2) is 14.0 Å². The first-order valence-corrected chi connectivity index (χ1v) is 15.0. The molecule has 1 aliphatic carbocycles. The van der Waals surface area contributed by atoms with Crippen molar-refractivity contribution in [2.24, 2.45) is 17.1 Å². The molecule has 1 aromatic rings. The van der Waals surface area contributed by atoms with E-state index < -0.39 is 70.4 Å². The van der Waals surface area contributed by atoms with E-state index >= 15 is 0 Å². The van der Waals surface area contributed by atoms with Gasteiger partial charge < -0.3 is 31.3 Å². The van der Waals surface area contributed by atoms with Crippen molar-refractivity contribution in [1.82, 2.24) is 20.9 Å². The highest BCUT2D eigenvalue weighted by Gasteiger charge is 2.46. The standard InChI is InChI=1S/C31H44FN5O7/c1-18-15-22(26(40)34-19(2)23(38)25(33)39)37(16-18)27(41)24(30(3,4)5)35-29(43)36-31(13-7-6-8-14-31)28(42)44-17-20-9-11-21(32)12-10-20/h9-12,18-19,22,24H,6-8,13-17H2,1-5H3,(H2,33,39)(H,34,40)(H2,35,36,43)/t18-,19?,22+,24-/m1/s1. The Balaban J connectivity index is 1.75. The maximum atomic E-state index is 13.9. The van der Waals surface area contributed by atoms with Crippen molar-refractivity contribution < 1.29 is 37.9 Å². The van der Waals surface area contributed by atoms with Gasteiger partial charge in [-0.05, 0) is 55.2 Å². The van der Waals surface area contributed by atoms with E-state index in [-0.39, 0.29) is 19.1 Å². The van der Waals surface area contributed by atoms with Crippen molar-refractivity contribution in [3.05, 3.63) is 35.6 Å². The summed E-state index contributed by atoms with van der Waals surface area (Å²) in [6.45, 7) is 8.67. The van der Waals surface area contributed by atoms with Crippen LogP contribution in [0.5, 0.6) is 0 Å². The van der Waals surface area contributed by atoms with Crippen LogP contribution in [0.3, 0.4) is 0 Å². The molecule has 0 bridgehead atoms. The lowest BCUT2D eigenvalue weighted by Gasteiger charge is -2.38. The number of nitrogens with zero attached hydrogens (tertiary/aromatic N) is 1. The van der Waals surface area contributed by atoms with Crippen molar-refractivity contribution in [2.45, 2.75) is 103 Å². The summed E-state index contributed by atoms with van der Waals surface area (Å²) < 4.78 is 18.8. The maximum Gasteiger partial charge on any atom is 0.332 e. The quantitative estimate of drug-likeness (QED) is 0.229. The zero-order chi connectivity index (χ0) is 32.8. The highest BCUT2D eigenvalue weighted by atomic mass is 19.1. The number of nitrogens with two attached hydrogens (primary N) is 1. The molecule has 1 heterocycles. The second kappa shape index (κ2) is 14.2. The number of likely N-dealkylation sites (tertiary alicyclic amines) is 1. The van der Waals surface area contributed by atoms with Gasteiger partial charge >= 0.3 is 12.0 Å². The fraction of sp³-hybridized carbons (Fsp3) is 0.613. The number of ether oxygens (including phenoxy) is 1. The van der Waals surface area contributed by atoms with Gasteiger partial charge in [0.05, 0.1) is 6.04 Å². The number of rotatable bonds is 10. The van der Waals surface area contributed by atoms with Gasteiger partial charge in [0.1, 0.15) is 30.0 Å². The third-order valence-corrected chi connectivity index (χ3v) is 8.21. The Hall–Kier alpha value is -4.03. The Morgan fingerprint density at radius 2 is 1.66 bits per heavy atom. The van der Waals surface area contributed by atoms with Crippen LogP contribution in [-0.4, -0.2) is 70.6 Å². The molecule has 2 fully saturated rings. The zero-order valence-corrected chi connectivity index (χ0v) is 26.0. The highest BCUT2D eigenvalue weighted by molar-refractivity contribution is 6.37. The Labute approximate surface area is 257 Å². The Bertz CT molecular complexity index is 1260. The van der Waals surface area contributed by atoms with Crippen molar-refractivity contribution in [2.75, 3.05) is 6.54 Å². The number of urea groups is 1. The minimum absolute atomic E-state index is 0.0484. The largest absolute Gasteiger partial charge is 0.459 e. The molecule has 5 N–H and O–H groups in total. The van der Waals surface area contributed by atoms with Crippen LogP contribution in [-0.2, 0) is 35.3 Å². The topological polar surface area (TPSA) is 177 Å². The number of benzene rings is 1. The van der Waals surface area contributed by atoms with Crippen LogP contribution in [0.4, 0.5) is 9.18 Å². The smallest absolute Gasteiger partial charge is 0.332 e. The molecule has 0 spiro atoms. The molecule has 5 amide bonds. The van der Waals surface area contributed by atoms with Gasteiger partial charge in [-0.3, -0.25) is 19.2 Å². The van der Waals surface area contributed by atoms with Gasteiger partial charge in [0.2, 0.25) is 17.6 Å². The Morgan fingerprint density at radius 3 is 2.23 bits per heavy atom. The minimum Gasteiger partial charge on any atom is -0.459 e. The van der Waals surface area contributed by atoms with Gasteiger partial charge in [-0.2, -0.15) is 0 Å². The summed E-state index contributed by atoms with van der Waals surface area (Å²) >= 11 is 0. The number of carbonyl (C=O) groups is 6. The summed E-state index contributed by atoms with van der Waals surface area (Å²) in [4.78, 5) is 78.4. The van der Waals surface area contributed by atoms with E-state index in [1.54, 1.807) is 20.8 Å². The van der Waals surface area contributed by atoms with Gasteiger partial charge in [-0.1, -0.05) is 59.1 Å². The second-order valence-electron chi connectivity index (χ2n) is 13.0. The van der Waals surface area contributed by atoms with Crippen LogP contribution in [0.2, 0.25) is 0 Å². The number of esters is 1. The number of hydrogen-bond acceptors (Lipinski definition) is 7. The molecule has 44 heavy (non-hydrogen) atoms. The number of ketones is 1. The molecule has 1 aromatic carbocycles. The summed E-state index contributed by atoms with van der Waals surface area (Å²) in [5.74, 6) is -4.31. The first-order valence-electron chi connectivity index (χ1n) is 15.0. The van der Waals surface area contributed by atoms with Crippen LogP contribution in [0.1, 0.15) is 78.7 Å². The third-order valence-electron chi connectivity index (χ3n) is 8.21. The van der Waals surface area contributed by atoms with Gasteiger partial charge in [-0.15, -0.1) is 0 Å². The molecule has 242 valence electrons. The summed E-state index contributed by atoms with van der Waals surface area (Å²) in [5, 5.41) is 8.02. The fourth-order valence-electron chi connectivity index (χ4n) is 5.73. The number of hydrogen-bond donors (Lipinski definition) is 4. The number of primary amides is 1. The summed E-state index contributed by atoms with van der Waals surface area (Å²) in [6.07, 6.45) is 3.29. The highest BCUT2D eigenvalue weighted by Crippen LogP contribution is 2.31. The molecule has 4 atom stereocenters. The van der Waals surface area contributed by atoms with Crippen molar-refractivity contribution in [3.63, 3.8) is 0 Å². The van der Waals surface area contributed by atoms with E-state index in [2.05, 4.69) is 16.0 Å². The van der Waals surface area contributed by atoms with Gasteiger partial charge in [0.25, 0.3) is 5.91 Å². The third kappa shape index (κ3) is 8.54. The molecule has 0 aromatic heterocycles. The molecule has 2 aliphatic rings. The van der Waals surface area contributed by atoms with Crippen LogP contribution in [0.15, 0.2) is 24.3 Å². The lowest BCUT2D eigenvalue weighted by molar-refractivity contribution is -0.154. The number of halogens is 1. The Morgan fingerprint density at radius 1 is 1.05 bits per heavy atom. The molecule has 0 radical (unpaired) electrons. The average molecular weight is 618 g/mol. The zero-order valence-electron chi connectivity index (χ0n) is 26.0. The average Bonchev–Trinajstić information content (AvgIpc) is 3.36. The monoisotopic (exact) mass is 617 g/mol. The van der Waals surface area contributed by atoms with Gasteiger partial charge in [0, 0.05) is 6.54 Å². The normalized spacial score (nSPS) is 21.0. The molecule has 12 nitrogen and oxygen atoms in total. The predicted octanol–water partition coefficient (Wildman–Crippen LogP) is 2.08. The molecular formula is C31H44FN5O7. The number of Topliss-reactive ketones (excluding diaryl/α,β-unsaturated/α-hetero) is 1. The maximum absolute atomic E-state index is 13.9. The van der Waals surface area contributed by atoms with Crippen LogP contribution in [0, 0.1) is 17.2 Å². The van der Waals surface area contributed by atoms with E-state index in [1.165, 1.54) is 36.1 Å². The molecule has 13 heteroatoms. The SMILES string of the molecule is CC(NC(=O)[C@@H]1C[C@@H](C)CN1C(=O)[C@@H](NC(=O)NC1(C(=O)OCc2ccc(F)cc2)CCCCC1)C(C)(C)C)C(=O)C(N)=O. The van der Waals surface area contributed by atoms with E-state index in [9.17, 15) is 33.2 Å². The first-order chi connectivity index (χ1) is 20.5. The van der Waals surface area contributed by atoms with E-state index in [0.29, 0.717) is 37.7 Å². The number of carbonyl (C=O) groups excluding carboxylic acids is 6. The minimum atomic E-state index is -1.30. The van der Waals surface area contributed by atoms with Crippen molar-refractivity contribution >= 4 is 35.5 Å². The summed E-state index contributed by atoms with van der Waals surface area (Å²) in [6, 6.07) is 1.66. The van der Waals surface area contributed by atoms with Crippen molar-refractivity contribution in [3.8, 4) is 0 Å². The van der Waals surface area contributed by atoms with E-state index in [1.807, 2.05) is 6.92 Å². The summed E-state index contributed by atoms with van der Waals surface area (Å²) in [7, 11) is 0. The predicted molar refractivity (Wildman–Crippen MR) is 158 cm³/mol. The first kappa shape index (κ1) is 34.5. The van der Waals surface area contributed by atoms with E-state index in [4.69, 9.17) is 10.5 Å². The molecule has 1 saturated carbocycles. The van der Waals surface area contributed by atoms with Crippen LogP contribution < -0.4 is 21.7 Å². The lowest BCUT2D eigenvalue weighted by atomic mass is 9.81. The van der Waals surface area contributed by atoms with Crippen molar-refractivity contribution in [1.29, 1.82) is 0 Å². The molecule has 1 saturated heterocycles. The Kier molecular flexibility index (Phi) is 11.1. The number of amides is 5. The second-order valence-corrected chi connectivity index (χ2v) is 13.0. The molecule has 3 rings (SSSR count). The van der Waals surface area contributed by atoms with Crippen LogP contribution >= 0.6 is 0 Å². The molecule has 1 aliphatic heterocycles. The lowest BCUT2D eigenvalue weighted by Crippen LogP contribution is -2.63. The summed E-state index contributed by atoms with van der Waals surface area (Å²) in [5.41, 5.74) is 3.55. The van der Waals surface area contributed by atoms with Gasteiger partial charge in [0.15, 0.2) is 0 Å². The fourth-order valence-corrected chi connectivity index (χ4v) is 5.73. The van der Waals surface area contributed by atoms with E-state index in [0.717, 1.165) is 6.42 Å². The molecule has 1 unspecified atom stereocenters. The number of nitrogens with one attached hydrogen (secondary N) is 3. The molecular weight excluding hydrogens is 573 g/mol.